The molecule has 0 spiro atoms. The van der Waals surface area contributed by atoms with Gasteiger partial charge in [0.25, 0.3) is 5.91 Å². The van der Waals surface area contributed by atoms with Crippen LogP contribution in [0.4, 0.5) is 0 Å². The molecule has 2 saturated heterocycles. The highest BCUT2D eigenvalue weighted by molar-refractivity contribution is 5.82. The predicted molar refractivity (Wildman–Crippen MR) is 121 cm³/mol. The number of piperidine rings is 2. The van der Waals surface area contributed by atoms with Gasteiger partial charge in [0.05, 0.1) is 0 Å². The largest absolute Gasteiger partial charge is 0.367 e. The van der Waals surface area contributed by atoms with Crippen molar-refractivity contribution in [2.24, 2.45) is 5.92 Å². The zero-order chi connectivity index (χ0) is 20.8. The Morgan fingerprint density at radius 1 is 1.07 bits per heavy atom. The van der Waals surface area contributed by atoms with Crippen molar-refractivity contribution in [3.8, 4) is 0 Å². The molecule has 1 amide bonds. The smallest absolute Gasteiger partial charge is 0.256 e. The van der Waals surface area contributed by atoms with E-state index in [1.807, 2.05) is 36.4 Å². The van der Waals surface area contributed by atoms with Gasteiger partial charge in [-0.2, -0.15) is 0 Å². The van der Waals surface area contributed by atoms with Gasteiger partial charge in [-0.05, 0) is 36.3 Å². The number of fused-ring (bicyclic) bond motifs is 1. The number of likely N-dealkylation sites (tertiary alicyclic amines) is 2. The number of ether oxygens (including phenoxy) is 1. The Bertz CT molecular complexity index is 837. The molecule has 0 aliphatic carbocycles. The summed E-state index contributed by atoms with van der Waals surface area (Å²) in [6.07, 6.45) is 7.28. The summed E-state index contributed by atoms with van der Waals surface area (Å²) in [6, 6.07) is 20.7. The molecular formula is C26H32N2O2. The zero-order valence-corrected chi connectivity index (χ0v) is 17.8. The van der Waals surface area contributed by atoms with Crippen LogP contribution in [0.2, 0.25) is 0 Å². The van der Waals surface area contributed by atoms with Crippen LogP contribution in [0.25, 0.3) is 6.08 Å². The Hall–Kier alpha value is -2.43. The van der Waals surface area contributed by atoms with Gasteiger partial charge in [-0.3, -0.25) is 9.69 Å². The lowest BCUT2D eigenvalue weighted by atomic mass is 9.83. The molecule has 4 heteroatoms. The number of carbonyl (C=O) groups is 1. The SMILES string of the molecule is COC(C(=O)N1CCC[C@@H]2CN(C/C=C/c3ccccc3)CC[C@H]21)c1ccccc1. The molecule has 30 heavy (non-hydrogen) atoms. The molecule has 0 N–H and O–H groups in total. The van der Waals surface area contributed by atoms with Gasteiger partial charge < -0.3 is 9.64 Å². The summed E-state index contributed by atoms with van der Waals surface area (Å²) in [6.45, 7) is 3.92. The summed E-state index contributed by atoms with van der Waals surface area (Å²) in [5, 5.41) is 0. The summed E-state index contributed by atoms with van der Waals surface area (Å²) in [7, 11) is 1.64. The van der Waals surface area contributed by atoms with Crippen LogP contribution in [0, 0.1) is 5.92 Å². The molecule has 3 atom stereocenters. The highest BCUT2D eigenvalue weighted by atomic mass is 16.5. The highest BCUT2D eigenvalue weighted by Gasteiger charge is 2.40. The number of hydrogen-bond donors (Lipinski definition) is 0. The minimum absolute atomic E-state index is 0.121. The number of nitrogens with zero attached hydrogens (tertiary/aromatic N) is 2. The van der Waals surface area contributed by atoms with E-state index < -0.39 is 6.10 Å². The molecule has 0 aromatic heterocycles. The molecule has 1 unspecified atom stereocenters. The van der Waals surface area contributed by atoms with Gasteiger partial charge in [0, 0.05) is 39.3 Å². The second kappa shape index (κ2) is 10.1. The van der Waals surface area contributed by atoms with Gasteiger partial charge in [0.1, 0.15) is 0 Å². The van der Waals surface area contributed by atoms with Crippen LogP contribution in [0.15, 0.2) is 66.7 Å². The van der Waals surface area contributed by atoms with E-state index in [0.29, 0.717) is 12.0 Å². The average molecular weight is 405 g/mol. The minimum Gasteiger partial charge on any atom is -0.367 e. The first-order valence-corrected chi connectivity index (χ1v) is 11.1. The van der Waals surface area contributed by atoms with Crippen molar-refractivity contribution >= 4 is 12.0 Å². The molecular weight excluding hydrogens is 372 g/mol. The third-order valence-corrected chi connectivity index (χ3v) is 6.47. The van der Waals surface area contributed by atoms with Gasteiger partial charge >= 0.3 is 0 Å². The van der Waals surface area contributed by atoms with Crippen molar-refractivity contribution in [2.75, 3.05) is 33.3 Å². The van der Waals surface area contributed by atoms with E-state index in [2.05, 4.69) is 46.2 Å². The first kappa shape index (κ1) is 20.8. The molecule has 2 heterocycles. The molecule has 2 fully saturated rings. The van der Waals surface area contributed by atoms with Gasteiger partial charge in [0.2, 0.25) is 0 Å². The molecule has 2 aromatic rings. The molecule has 0 bridgehead atoms. The average Bonchev–Trinajstić information content (AvgIpc) is 2.80. The summed E-state index contributed by atoms with van der Waals surface area (Å²) in [5.41, 5.74) is 2.18. The van der Waals surface area contributed by atoms with E-state index in [0.717, 1.165) is 44.6 Å². The van der Waals surface area contributed by atoms with Crippen LogP contribution < -0.4 is 0 Å². The zero-order valence-electron chi connectivity index (χ0n) is 17.8. The summed E-state index contributed by atoms with van der Waals surface area (Å²) < 4.78 is 5.64. The van der Waals surface area contributed by atoms with E-state index in [4.69, 9.17) is 4.74 Å². The van der Waals surface area contributed by atoms with Crippen molar-refractivity contribution in [1.29, 1.82) is 0 Å². The molecule has 2 aliphatic rings. The number of benzene rings is 2. The Balaban J connectivity index is 1.37. The monoisotopic (exact) mass is 404 g/mol. The number of carbonyl (C=O) groups excluding carboxylic acids is 1. The number of rotatable bonds is 6. The van der Waals surface area contributed by atoms with Crippen molar-refractivity contribution < 1.29 is 9.53 Å². The molecule has 2 aliphatic heterocycles. The maximum atomic E-state index is 13.4. The molecule has 158 valence electrons. The van der Waals surface area contributed by atoms with E-state index in [-0.39, 0.29) is 5.91 Å². The van der Waals surface area contributed by atoms with Crippen LogP contribution in [0.5, 0.6) is 0 Å². The first-order valence-electron chi connectivity index (χ1n) is 11.1. The second-order valence-electron chi connectivity index (χ2n) is 8.39. The maximum absolute atomic E-state index is 13.4. The fourth-order valence-corrected chi connectivity index (χ4v) is 4.98. The molecule has 0 saturated carbocycles. The van der Waals surface area contributed by atoms with Crippen molar-refractivity contribution in [3.63, 3.8) is 0 Å². The van der Waals surface area contributed by atoms with Crippen LogP contribution in [0.1, 0.15) is 36.5 Å². The molecule has 4 nitrogen and oxygen atoms in total. The van der Waals surface area contributed by atoms with Crippen molar-refractivity contribution in [2.45, 2.75) is 31.4 Å². The normalized spacial score (nSPS) is 23.3. The highest BCUT2D eigenvalue weighted by Crippen LogP contribution is 2.33. The van der Waals surface area contributed by atoms with Crippen LogP contribution >= 0.6 is 0 Å². The lowest BCUT2D eigenvalue weighted by Crippen LogP contribution is -2.56. The van der Waals surface area contributed by atoms with Gasteiger partial charge in [-0.1, -0.05) is 72.8 Å². The Kier molecular flexibility index (Phi) is 6.98. The summed E-state index contributed by atoms with van der Waals surface area (Å²) >= 11 is 0. The van der Waals surface area contributed by atoms with Crippen molar-refractivity contribution in [3.05, 3.63) is 77.9 Å². The van der Waals surface area contributed by atoms with Gasteiger partial charge in [-0.25, -0.2) is 0 Å². The van der Waals surface area contributed by atoms with Gasteiger partial charge in [-0.15, -0.1) is 0 Å². The predicted octanol–water partition coefficient (Wildman–Crippen LogP) is 4.40. The Morgan fingerprint density at radius 3 is 2.53 bits per heavy atom. The molecule has 4 rings (SSSR count). The van der Waals surface area contributed by atoms with Crippen LogP contribution in [0.3, 0.4) is 0 Å². The lowest BCUT2D eigenvalue weighted by molar-refractivity contribution is -0.149. The fraction of sp³-hybridized carbons (Fsp3) is 0.423. The quantitative estimate of drug-likeness (QED) is 0.715. The third kappa shape index (κ3) is 4.82. The van der Waals surface area contributed by atoms with E-state index in [1.54, 1.807) is 7.11 Å². The molecule has 0 radical (unpaired) electrons. The second-order valence-corrected chi connectivity index (χ2v) is 8.39. The third-order valence-electron chi connectivity index (χ3n) is 6.47. The van der Waals surface area contributed by atoms with Crippen LogP contribution in [-0.4, -0.2) is 55.0 Å². The number of methoxy groups -OCH3 is 1. The van der Waals surface area contributed by atoms with E-state index in [1.165, 1.54) is 12.0 Å². The fourth-order valence-electron chi connectivity index (χ4n) is 4.98. The standard InChI is InChI=1S/C26H32N2O2/c1-30-25(22-13-6-3-7-14-22)26(29)28-18-9-15-23-20-27(19-16-24(23)28)17-8-12-21-10-4-2-5-11-21/h2-8,10-14,23-25H,9,15-20H2,1H3/b12-8+/t23-,24-,25?/m1/s1. The van der Waals surface area contributed by atoms with E-state index in [9.17, 15) is 4.79 Å². The Labute approximate surface area is 180 Å². The summed E-state index contributed by atoms with van der Waals surface area (Å²) in [4.78, 5) is 18.0. The lowest BCUT2D eigenvalue weighted by Gasteiger charge is -2.47. The Morgan fingerprint density at radius 2 is 1.80 bits per heavy atom. The van der Waals surface area contributed by atoms with E-state index >= 15 is 0 Å². The molecule has 2 aromatic carbocycles. The van der Waals surface area contributed by atoms with Crippen molar-refractivity contribution in [1.82, 2.24) is 9.80 Å². The maximum Gasteiger partial charge on any atom is 0.256 e. The number of amides is 1. The summed E-state index contributed by atoms with van der Waals surface area (Å²) in [5.74, 6) is 0.672. The van der Waals surface area contributed by atoms with Crippen LogP contribution in [-0.2, 0) is 9.53 Å². The minimum atomic E-state index is -0.503. The first-order chi connectivity index (χ1) is 14.8. The van der Waals surface area contributed by atoms with Gasteiger partial charge in [0.15, 0.2) is 6.10 Å². The number of hydrogen-bond acceptors (Lipinski definition) is 3. The topological polar surface area (TPSA) is 32.8 Å².